The number of hydrogen-bond acceptors (Lipinski definition) is 3. The van der Waals surface area contributed by atoms with Crippen molar-refractivity contribution in [3.8, 4) is 0 Å². The molecule has 1 aliphatic heterocycles. The molecule has 0 saturated carbocycles. The summed E-state index contributed by atoms with van der Waals surface area (Å²) in [7, 11) is -1.87. The maximum atomic E-state index is 12.2. The summed E-state index contributed by atoms with van der Waals surface area (Å²) in [5.74, 6) is 0.647. The minimum Gasteiger partial charge on any atom is -0.366 e. The van der Waals surface area contributed by atoms with Gasteiger partial charge in [0.1, 0.15) is 4.90 Å². The molecule has 1 aromatic carbocycles. The molecule has 1 aliphatic rings. The number of rotatable bonds is 3. The Hall–Kier alpha value is -1.67. The summed E-state index contributed by atoms with van der Waals surface area (Å²) >= 11 is 4.99. The van der Waals surface area contributed by atoms with Crippen molar-refractivity contribution in [3.05, 3.63) is 24.3 Å². The fourth-order valence-corrected chi connectivity index (χ4v) is 3.11. The molecule has 20 heavy (non-hydrogen) atoms. The average Bonchev–Trinajstić information content (AvgIpc) is 2.91. The quantitative estimate of drug-likeness (QED) is 0.547. The number of anilines is 1. The van der Waals surface area contributed by atoms with Gasteiger partial charge in [-0.2, -0.15) is 13.1 Å². The number of hydrogen-bond donors (Lipinski definition) is 4. The Bertz CT molecular complexity index is 641. The van der Waals surface area contributed by atoms with E-state index in [1.807, 2.05) is 0 Å². The molecule has 1 aromatic rings. The zero-order valence-electron chi connectivity index (χ0n) is 11.1. The van der Waals surface area contributed by atoms with E-state index in [2.05, 4.69) is 20.3 Å². The topological polar surface area (TPSA) is 84.2 Å². The number of thiocarbonyl (C=S) groups is 1. The van der Waals surface area contributed by atoms with Gasteiger partial charge < -0.3 is 10.6 Å². The van der Waals surface area contributed by atoms with Gasteiger partial charge in [0.15, 0.2) is 5.11 Å². The Kier molecular flexibility index (Phi) is 4.56. The molecular formula is C12H17N4O2S2+. The molecule has 0 aliphatic carbocycles. The molecule has 0 spiro atoms. The van der Waals surface area contributed by atoms with Crippen LogP contribution in [-0.4, -0.2) is 33.0 Å². The molecule has 0 aromatic heterocycles. The van der Waals surface area contributed by atoms with Crippen LogP contribution in [0.1, 0.15) is 12.8 Å². The van der Waals surface area contributed by atoms with Crippen molar-refractivity contribution in [1.29, 1.82) is 0 Å². The second kappa shape index (κ2) is 6.19. The molecule has 0 saturated heterocycles. The summed E-state index contributed by atoms with van der Waals surface area (Å²) in [5.41, 5.74) is 0.622. The highest BCUT2D eigenvalue weighted by molar-refractivity contribution is 7.90. The fraction of sp³-hybridized carbons (Fsp3) is 0.333. The van der Waals surface area contributed by atoms with E-state index in [0.717, 1.165) is 19.4 Å². The summed E-state index contributed by atoms with van der Waals surface area (Å²) in [6, 6.07) is 6.51. The Labute approximate surface area is 123 Å². The van der Waals surface area contributed by atoms with E-state index in [9.17, 15) is 8.42 Å². The van der Waals surface area contributed by atoms with Crippen molar-refractivity contribution in [3.63, 3.8) is 0 Å². The Morgan fingerprint density at radius 3 is 2.85 bits per heavy atom. The van der Waals surface area contributed by atoms with Gasteiger partial charge in [-0.15, -0.1) is 0 Å². The van der Waals surface area contributed by atoms with Crippen LogP contribution >= 0.6 is 12.2 Å². The molecule has 0 atom stereocenters. The lowest BCUT2D eigenvalue weighted by Crippen LogP contribution is -2.72. The Morgan fingerprint density at radius 1 is 1.40 bits per heavy atom. The molecule has 2 rings (SSSR count). The van der Waals surface area contributed by atoms with Crippen LogP contribution in [-0.2, 0) is 10.0 Å². The maximum absolute atomic E-state index is 12.2. The largest absolute Gasteiger partial charge is 0.366 e. The van der Waals surface area contributed by atoms with Crippen molar-refractivity contribution in [1.82, 2.24) is 10.0 Å². The van der Waals surface area contributed by atoms with Gasteiger partial charge >= 0.3 is 10.0 Å². The van der Waals surface area contributed by atoms with E-state index < -0.39 is 10.0 Å². The molecule has 108 valence electrons. The van der Waals surface area contributed by atoms with Crippen molar-refractivity contribution < 1.29 is 13.4 Å². The van der Waals surface area contributed by atoms with Gasteiger partial charge in [0.25, 0.3) is 5.84 Å². The van der Waals surface area contributed by atoms with Gasteiger partial charge in [0, 0.05) is 12.7 Å². The fourth-order valence-electron chi connectivity index (χ4n) is 1.84. The monoisotopic (exact) mass is 313 g/mol. The molecule has 6 nitrogen and oxygen atoms in total. The van der Waals surface area contributed by atoms with E-state index in [0.29, 0.717) is 16.6 Å². The highest BCUT2D eigenvalue weighted by Crippen LogP contribution is 2.15. The molecule has 8 heteroatoms. The standard InChI is InChI=1S/C12H16N4O2S2/c1-13-12(19)15-9-4-2-5-10(8-9)20(17,18)16-11-6-3-7-14-11/h2,4-5,8H,3,6-7H2,1H3,(H,14,16)(H2,13,15,19)/p+1. The van der Waals surface area contributed by atoms with Gasteiger partial charge in [-0.25, -0.2) is 0 Å². The molecule has 0 fully saturated rings. The SMILES string of the molecule is CNC(=S)Nc1cccc(S(=O)(=O)NC2=[NH+]CCC2)c1. The van der Waals surface area contributed by atoms with Crippen molar-refractivity contribution >= 4 is 38.9 Å². The second-order valence-electron chi connectivity index (χ2n) is 4.35. The van der Waals surface area contributed by atoms with E-state index in [1.165, 1.54) is 0 Å². The van der Waals surface area contributed by atoms with Crippen LogP contribution < -0.4 is 20.3 Å². The third kappa shape index (κ3) is 3.67. The molecular weight excluding hydrogens is 296 g/mol. The first-order valence-electron chi connectivity index (χ1n) is 6.22. The van der Waals surface area contributed by atoms with Crippen LogP contribution in [0.2, 0.25) is 0 Å². The van der Waals surface area contributed by atoms with Crippen LogP contribution in [0.25, 0.3) is 0 Å². The van der Waals surface area contributed by atoms with Gasteiger partial charge in [-0.3, -0.25) is 4.99 Å². The van der Waals surface area contributed by atoms with Crippen LogP contribution in [0.4, 0.5) is 5.69 Å². The van der Waals surface area contributed by atoms with E-state index in [1.54, 1.807) is 31.3 Å². The normalized spacial score (nSPS) is 14.6. The predicted molar refractivity (Wildman–Crippen MR) is 82.1 cm³/mol. The molecule has 1 heterocycles. The summed E-state index contributed by atoms with van der Waals surface area (Å²) in [4.78, 5) is 3.22. The Morgan fingerprint density at radius 2 is 2.20 bits per heavy atom. The molecule has 4 N–H and O–H groups in total. The zero-order chi connectivity index (χ0) is 14.6. The van der Waals surface area contributed by atoms with Gasteiger partial charge in [0.2, 0.25) is 0 Å². The minimum atomic E-state index is -3.56. The lowest BCUT2D eigenvalue weighted by Gasteiger charge is -2.08. The van der Waals surface area contributed by atoms with Gasteiger partial charge in [-0.05, 0) is 36.8 Å². The van der Waals surface area contributed by atoms with Crippen molar-refractivity contribution in [2.75, 3.05) is 18.9 Å². The number of nitrogens with one attached hydrogen (secondary N) is 4. The van der Waals surface area contributed by atoms with Gasteiger partial charge in [-0.1, -0.05) is 6.07 Å². The highest BCUT2D eigenvalue weighted by Gasteiger charge is 2.24. The minimum absolute atomic E-state index is 0.197. The van der Waals surface area contributed by atoms with Crippen molar-refractivity contribution in [2.24, 2.45) is 0 Å². The van der Waals surface area contributed by atoms with E-state index in [-0.39, 0.29) is 4.90 Å². The van der Waals surface area contributed by atoms with Gasteiger partial charge in [0.05, 0.1) is 13.0 Å². The summed E-state index contributed by atoms with van der Waals surface area (Å²) in [6.45, 7) is 0.801. The second-order valence-corrected chi connectivity index (χ2v) is 6.44. The highest BCUT2D eigenvalue weighted by atomic mass is 32.2. The predicted octanol–water partition coefficient (Wildman–Crippen LogP) is -0.846. The molecule has 0 amide bonds. The average molecular weight is 313 g/mol. The van der Waals surface area contributed by atoms with Crippen LogP contribution in [0.15, 0.2) is 29.2 Å². The van der Waals surface area contributed by atoms with Crippen LogP contribution in [0, 0.1) is 0 Å². The summed E-state index contributed by atoms with van der Waals surface area (Å²) < 4.78 is 27.1. The van der Waals surface area contributed by atoms with E-state index >= 15 is 0 Å². The van der Waals surface area contributed by atoms with Crippen LogP contribution in [0.3, 0.4) is 0 Å². The Balaban J connectivity index is 2.18. The summed E-state index contributed by atoms with van der Waals surface area (Å²) in [6.07, 6.45) is 1.66. The maximum Gasteiger partial charge on any atom is 0.328 e. The van der Waals surface area contributed by atoms with E-state index in [4.69, 9.17) is 12.2 Å². The summed E-state index contributed by atoms with van der Waals surface area (Å²) in [5, 5.41) is 6.10. The first kappa shape index (κ1) is 14.7. The number of benzene rings is 1. The first-order chi connectivity index (χ1) is 9.51. The number of sulfonamides is 1. The van der Waals surface area contributed by atoms with Crippen LogP contribution in [0.5, 0.6) is 0 Å². The lowest BCUT2D eigenvalue weighted by molar-refractivity contribution is -0.448. The molecule has 0 bridgehead atoms. The third-order valence-electron chi connectivity index (χ3n) is 2.83. The lowest BCUT2D eigenvalue weighted by atomic mass is 10.3. The molecule has 0 unspecified atom stereocenters. The van der Waals surface area contributed by atoms with Crippen molar-refractivity contribution in [2.45, 2.75) is 17.7 Å². The third-order valence-corrected chi connectivity index (χ3v) is 4.52. The first-order valence-corrected chi connectivity index (χ1v) is 8.12. The smallest absolute Gasteiger partial charge is 0.328 e. The molecule has 0 radical (unpaired) electrons. The number of amidine groups is 1. The zero-order valence-corrected chi connectivity index (χ0v) is 12.7.